The summed E-state index contributed by atoms with van der Waals surface area (Å²) in [7, 11) is -1.16. The van der Waals surface area contributed by atoms with Crippen LogP contribution in [0.25, 0.3) is 0 Å². The SMILES string of the molecule is Cc1cccc(CC2=[C-]C([Si](C)(C)C)=CC2)c1.[Cl-].[Cl-].[Cl-].[Ti+4]. The molecule has 0 saturated carbocycles. The summed E-state index contributed by atoms with van der Waals surface area (Å²) in [6, 6.07) is 8.80. The van der Waals surface area contributed by atoms with Crippen LogP contribution in [0, 0.1) is 13.0 Å². The molecule has 0 N–H and O–H groups in total. The third-order valence-corrected chi connectivity index (χ3v) is 5.12. The van der Waals surface area contributed by atoms with Crippen LogP contribution < -0.4 is 37.2 Å². The molecule has 0 nitrogen and oxygen atoms in total. The maximum absolute atomic E-state index is 3.64. The number of hydrogen-bond acceptors (Lipinski definition) is 0. The number of halogens is 3. The van der Waals surface area contributed by atoms with E-state index in [-0.39, 0.29) is 58.9 Å². The van der Waals surface area contributed by atoms with E-state index in [1.54, 1.807) is 0 Å². The summed E-state index contributed by atoms with van der Waals surface area (Å²) in [4.78, 5) is 0. The molecule has 0 fully saturated rings. The van der Waals surface area contributed by atoms with E-state index in [2.05, 4.69) is 63.0 Å². The first-order chi connectivity index (χ1) is 7.95. The summed E-state index contributed by atoms with van der Waals surface area (Å²) in [5, 5.41) is 1.50. The maximum Gasteiger partial charge on any atom is 4.00 e. The minimum Gasteiger partial charge on any atom is -1.00 e. The molecule has 5 heteroatoms. The smallest absolute Gasteiger partial charge is 1.00 e. The van der Waals surface area contributed by atoms with Gasteiger partial charge in [0.25, 0.3) is 0 Å². The molecular formula is C16H21Cl3SiTi. The zero-order chi connectivity index (χ0) is 12.5. The van der Waals surface area contributed by atoms with Gasteiger partial charge >= 0.3 is 21.7 Å². The van der Waals surface area contributed by atoms with Crippen LogP contribution in [0.3, 0.4) is 0 Å². The monoisotopic (exact) mass is 394 g/mol. The Morgan fingerprint density at radius 2 is 1.71 bits per heavy atom. The normalized spacial score (nSPS) is 12.8. The van der Waals surface area contributed by atoms with Gasteiger partial charge in [0.15, 0.2) is 0 Å². The molecule has 0 aromatic heterocycles. The van der Waals surface area contributed by atoms with Gasteiger partial charge in [-0.1, -0.05) is 55.9 Å². The summed E-state index contributed by atoms with van der Waals surface area (Å²) >= 11 is 0. The quantitative estimate of drug-likeness (QED) is 0.358. The Kier molecular flexibility index (Phi) is 14.0. The molecule has 0 amide bonds. The van der Waals surface area contributed by atoms with Gasteiger partial charge in [0.2, 0.25) is 0 Å². The van der Waals surface area contributed by atoms with Gasteiger partial charge in [-0.2, -0.15) is 5.57 Å². The molecule has 21 heavy (non-hydrogen) atoms. The van der Waals surface area contributed by atoms with Crippen molar-refractivity contribution in [2.45, 2.75) is 39.4 Å². The average molecular weight is 396 g/mol. The van der Waals surface area contributed by atoms with Gasteiger partial charge in [0.1, 0.15) is 0 Å². The van der Waals surface area contributed by atoms with E-state index in [1.165, 1.54) is 21.9 Å². The predicted molar refractivity (Wildman–Crippen MR) is 77.7 cm³/mol. The third-order valence-electron chi connectivity index (χ3n) is 3.17. The average Bonchev–Trinajstić information content (AvgIpc) is 2.65. The number of allylic oxidation sites excluding steroid dienone is 4. The van der Waals surface area contributed by atoms with Crippen molar-refractivity contribution in [1.29, 1.82) is 0 Å². The fraction of sp³-hybridized carbons (Fsp3) is 0.375. The summed E-state index contributed by atoms with van der Waals surface area (Å²) in [6.45, 7) is 9.33. The largest absolute Gasteiger partial charge is 4.00 e. The van der Waals surface area contributed by atoms with Crippen molar-refractivity contribution >= 4 is 8.07 Å². The molecular weight excluding hydrogens is 374 g/mol. The van der Waals surface area contributed by atoms with Crippen LogP contribution in [0.4, 0.5) is 0 Å². The molecule has 0 spiro atoms. The fourth-order valence-corrected chi connectivity index (χ4v) is 3.46. The molecule has 1 aliphatic carbocycles. The Morgan fingerprint density at radius 3 is 2.19 bits per heavy atom. The van der Waals surface area contributed by atoms with Crippen LogP contribution in [-0.2, 0) is 28.1 Å². The Hall–Kier alpha value is 0.501. The molecule has 0 atom stereocenters. The summed E-state index contributed by atoms with van der Waals surface area (Å²) < 4.78 is 0. The molecule has 2 rings (SSSR count). The van der Waals surface area contributed by atoms with Crippen molar-refractivity contribution in [3.05, 3.63) is 58.3 Å². The maximum atomic E-state index is 3.64. The molecule has 1 aromatic carbocycles. The number of hydrogen-bond donors (Lipinski definition) is 0. The third kappa shape index (κ3) is 8.06. The van der Waals surface area contributed by atoms with Crippen LogP contribution in [-0.4, -0.2) is 8.07 Å². The molecule has 0 unspecified atom stereocenters. The van der Waals surface area contributed by atoms with E-state index in [4.69, 9.17) is 0 Å². The van der Waals surface area contributed by atoms with Crippen molar-refractivity contribution < 1.29 is 58.9 Å². The first-order valence-corrected chi connectivity index (χ1v) is 9.83. The molecule has 0 heterocycles. The van der Waals surface area contributed by atoms with Crippen molar-refractivity contribution in [3.8, 4) is 0 Å². The predicted octanol–water partition coefficient (Wildman–Crippen LogP) is -4.52. The fourth-order valence-electron chi connectivity index (χ4n) is 2.20. The van der Waals surface area contributed by atoms with Crippen LogP contribution in [0.2, 0.25) is 19.6 Å². The van der Waals surface area contributed by atoms with Crippen LogP contribution in [0.1, 0.15) is 17.5 Å². The topological polar surface area (TPSA) is 0 Å². The van der Waals surface area contributed by atoms with Gasteiger partial charge in [-0.05, 0) is 18.9 Å². The zero-order valence-corrected chi connectivity index (χ0v) is 17.8. The minimum absolute atomic E-state index is 0. The molecule has 1 aliphatic rings. The van der Waals surface area contributed by atoms with E-state index in [0.29, 0.717) is 0 Å². The standard InChI is InChI=1S/C16H21Si.3ClH.Ti/c1-13-6-5-7-14(10-13)11-15-8-9-16(12-15)17(2,3)4;;;;/h5-7,9-10H,8,11H2,1-4H3;3*1H;/q-1;;;;+4/p-3. The van der Waals surface area contributed by atoms with Gasteiger partial charge in [0, 0.05) is 8.07 Å². The van der Waals surface area contributed by atoms with Crippen LogP contribution >= 0.6 is 0 Å². The Bertz CT molecular complexity index is 491. The van der Waals surface area contributed by atoms with E-state index >= 15 is 0 Å². The van der Waals surface area contributed by atoms with Crippen LogP contribution in [0.5, 0.6) is 0 Å². The summed E-state index contributed by atoms with van der Waals surface area (Å²) in [5.41, 5.74) is 4.21. The number of aryl methyl sites for hydroxylation is 1. The first kappa shape index (κ1) is 26.4. The molecule has 0 bridgehead atoms. The van der Waals surface area contributed by atoms with Gasteiger partial charge in [-0.3, -0.25) is 6.08 Å². The number of benzene rings is 1. The van der Waals surface area contributed by atoms with Gasteiger partial charge in [0.05, 0.1) is 0 Å². The van der Waals surface area contributed by atoms with Crippen molar-refractivity contribution in [2.75, 3.05) is 0 Å². The molecule has 114 valence electrons. The van der Waals surface area contributed by atoms with Crippen molar-refractivity contribution in [2.24, 2.45) is 0 Å². The molecule has 0 saturated heterocycles. The molecule has 0 radical (unpaired) electrons. The van der Waals surface area contributed by atoms with Crippen molar-refractivity contribution in [3.63, 3.8) is 0 Å². The van der Waals surface area contributed by atoms with E-state index < -0.39 is 8.07 Å². The van der Waals surface area contributed by atoms with E-state index in [1.807, 2.05) is 0 Å². The van der Waals surface area contributed by atoms with E-state index in [9.17, 15) is 0 Å². The first-order valence-electron chi connectivity index (χ1n) is 6.33. The minimum atomic E-state index is -1.16. The Labute approximate surface area is 164 Å². The van der Waals surface area contributed by atoms with Gasteiger partial charge in [-0.25, -0.2) is 11.3 Å². The van der Waals surface area contributed by atoms with E-state index in [0.717, 1.165) is 12.8 Å². The molecule has 1 aromatic rings. The van der Waals surface area contributed by atoms with Gasteiger partial charge in [-0.15, -0.1) is 0 Å². The summed E-state index contributed by atoms with van der Waals surface area (Å²) in [6.07, 6.45) is 8.19. The van der Waals surface area contributed by atoms with Crippen LogP contribution in [0.15, 0.2) is 41.1 Å². The second kappa shape index (κ2) is 11.1. The summed E-state index contributed by atoms with van der Waals surface area (Å²) in [5.74, 6) is 0. The second-order valence-electron chi connectivity index (χ2n) is 5.97. The van der Waals surface area contributed by atoms with Gasteiger partial charge < -0.3 is 37.2 Å². The zero-order valence-electron chi connectivity index (χ0n) is 12.9. The van der Waals surface area contributed by atoms with Crippen molar-refractivity contribution in [1.82, 2.24) is 0 Å². The Morgan fingerprint density at radius 1 is 1.10 bits per heavy atom. The second-order valence-corrected chi connectivity index (χ2v) is 11.0. The molecule has 0 aliphatic heterocycles. The number of rotatable bonds is 3. The Balaban J connectivity index is -0.000000810.